The fraction of sp³-hybridized carbons (Fsp3) is 0.917. The zero-order valence-electron chi connectivity index (χ0n) is 11.0. The Labute approximate surface area is 104 Å². The first-order chi connectivity index (χ1) is 7.68. The Bertz CT molecular complexity index is 354. The Balaban J connectivity index is 2.26. The van der Waals surface area contributed by atoms with Gasteiger partial charge in [-0.1, -0.05) is 20.8 Å². The summed E-state index contributed by atoms with van der Waals surface area (Å²) in [5, 5.41) is 2.90. The van der Waals surface area contributed by atoms with E-state index < -0.39 is 9.84 Å². The van der Waals surface area contributed by atoms with Gasteiger partial charge in [-0.05, 0) is 24.2 Å². The van der Waals surface area contributed by atoms with Gasteiger partial charge in [-0.15, -0.1) is 0 Å². The maximum absolute atomic E-state index is 11.6. The Morgan fingerprint density at radius 2 is 1.76 bits per heavy atom. The van der Waals surface area contributed by atoms with Crippen molar-refractivity contribution in [1.82, 2.24) is 5.32 Å². The third-order valence-electron chi connectivity index (χ3n) is 2.95. The van der Waals surface area contributed by atoms with Crippen molar-refractivity contribution in [3.8, 4) is 0 Å². The summed E-state index contributed by atoms with van der Waals surface area (Å²) < 4.78 is 22.5. The fourth-order valence-electron chi connectivity index (χ4n) is 1.95. The highest BCUT2D eigenvalue weighted by Crippen LogP contribution is 2.20. The van der Waals surface area contributed by atoms with Crippen molar-refractivity contribution in [1.29, 1.82) is 0 Å². The minimum Gasteiger partial charge on any atom is -0.356 e. The van der Waals surface area contributed by atoms with Crippen LogP contribution in [0, 0.1) is 11.3 Å². The van der Waals surface area contributed by atoms with Crippen molar-refractivity contribution < 1.29 is 13.2 Å². The molecule has 0 aromatic rings. The molecular weight excluding hydrogens is 238 g/mol. The summed E-state index contributed by atoms with van der Waals surface area (Å²) in [5.74, 6) is 0.924. The van der Waals surface area contributed by atoms with E-state index in [1.807, 2.05) is 20.8 Å². The molecule has 1 rings (SSSR count). The van der Waals surface area contributed by atoms with E-state index in [0.717, 1.165) is 0 Å². The number of amides is 1. The van der Waals surface area contributed by atoms with E-state index in [4.69, 9.17) is 0 Å². The van der Waals surface area contributed by atoms with Gasteiger partial charge in [-0.3, -0.25) is 4.79 Å². The van der Waals surface area contributed by atoms with E-state index in [1.165, 1.54) is 0 Å². The first-order valence-electron chi connectivity index (χ1n) is 6.15. The van der Waals surface area contributed by atoms with Crippen LogP contribution in [0.5, 0.6) is 0 Å². The number of hydrogen-bond acceptors (Lipinski definition) is 3. The Morgan fingerprint density at radius 3 is 2.24 bits per heavy atom. The zero-order valence-corrected chi connectivity index (χ0v) is 11.8. The van der Waals surface area contributed by atoms with E-state index in [9.17, 15) is 13.2 Å². The molecule has 1 fully saturated rings. The Hall–Kier alpha value is -0.580. The monoisotopic (exact) mass is 261 g/mol. The van der Waals surface area contributed by atoms with Crippen LogP contribution in [0.4, 0.5) is 0 Å². The molecule has 1 N–H and O–H groups in total. The van der Waals surface area contributed by atoms with Gasteiger partial charge in [0, 0.05) is 13.0 Å². The van der Waals surface area contributed by atoms with E-state index in [2.05, 4.69) is 5.32 Å². The lowest BCUT2D eigenvalue weighted by molar-refractivity contribution is -0.123. The predicted molar refractivity (Wildman–Crippen MR) is 68.5 cm³/mol. The third-order valence-corrected chi connectivity index (χ3v) is 4.67. The van der Waals surface area contributed by atoms with Crippen molar-refractivity contribution >= 4 is 15.7 Å². The summed E-state index contributed by atoms with van der Waals surface area (Å²) in [4.78, 5) is 11.6. The van der Waals surface area contributed by atoms with Crippen LogP contribution in [-0.4, -0.2) is 32.4 Å². The fourth-order valence-corrected chi connectivity index (χ4v) is 3.53. The van der Waals surface area contributed by atoms with E-state index in [-0.39, 0.29) is 22.8 Å². The normalized spacial score (nSPS) is 21.1. The molecule has 1 saturated heterocycles. The van der Waals surface area contributed by atoms with E-state index >= 15 is 0 Å². The molecule has 100 valence electrons. The molecular formula is C12H23NO3S. The molecule has 1 heterocycles. The second-order valence-corrected chi connectivity index (χ2v) is 8.44. The minimum absolute atomic E-state index is 0.0000125. The second kappa shape index (κ2) is 5.38. The van der Waals surface area contributed by atoms with Gasteiger partial charge in [-0.25, -0.2) is 8.42 Å². The molecule has 1 amide bonds. The van der Waals surface area contributed by atoms with Crippen LogP contribution in [0.15, 0.2) is 0 Å². The van der Waals surface area contributed by atoms with Gasteiger partial charge < -0.3 is 5.32 Å². The molecule has 5 heteroatoms. The second-order valence-electron chi connectivity index (χ2n) is 6.14. The van der Waals surface area contributed by atoms with Gasteiger partial charge in [-0.2, -0.15) is 0 Å². The van der Waals surface area contributed by atoms with Crippen molar-refractivity contribution in [2.45, 2.75) is 40.0 Å². The summed E-state index contributed by atoms with van der Waals surface area (Å²) >= 11 is 0. The third kappa shape index (κ3) is 6.05. The van der Waals surface area contributed by atoms with E-state index in [0.29, 0.717) is 31.7 Å². The lowest BCUT2D eigenvalue weighted by atomic mass is 9.92. The maximum atomic E-state index is 11.6. The highest BCUT2D eigenvalue weighted by molar-refractivity contribution is 7.91. The average molecular weight is 261 g/mol. The van der Waals surface area contributed by atoms with Crippen LogP contribution in [0.3, 0.4) is 0 Å². The molecule has 0 spiro atoms. The van der Waals surface area contributed by atoms with Gasteiger partial charge in [0.1, 0.15) is 9.84 Å². The molecule has 4 nitrogen and oxygen atoms in total. The maximum Gasteiger partial charge on any atom is 0.220 e. The van der Waals surface area contributed by atoms with Gasteiger partial charge >= 0.3 is 0 Å². The zero-order chi connectivity index (χ0) is 13.1. The molecule has 0 bridgehead atoms. The summed E-state index contributed by atoms with van der Waals surface area (Å²) in [7, 11) is -2.80. The number of rotatable bonds is 3. The molecule has 0 aromatic heterocycles. The van der Waals surface area contributed by atoms with Gasteiger partial charge in [0.25, 0.3) is 0 Å². The average Bonchev–Trinajstić information content (AvgIpc) is 2.13. The number of carbonyl (C=O) groups excluding carboxylic acids is 1. The first kappa shape index (κ1) is 14.5. The van der Waals surface area contributed by atoms with Gasteiger partial charge in [0.15, 0.2) is 0 Å². The molecule has 0 aromatic carbocycles. The number of carbonyl (C=O) groups is 1. The number of nitrogens with one attached hydrogen (secondary N) is 1. The lowest BCUT2D eigenvalue weighted by Crippen LogP contribution is -2.35. The standard InChI is InChI=1S/C12H23NO3S/c1-12(2,3)8-11(14)13-9-10-4-6-17(15,16)7-5-10/h10H,4-9H2,1-3H3,(H,13,14). The molecule has 0 aliphatic carbocycles. The minimum atomic E-state index is -2.80. The largest absolute Gasteiger partial charge is 0.356 e. The van der Waals surface area contributed by atoms with Crippen LogP contribution >= 0.6 is 0 Å². The van der Waals surface area contributed by atoms with Crippen LogP contribution in [0.25, 0.3) is 0 Å². The predicted octanol–water partition coefficient (Wildman–Crippen LogP) is 1.36. The molecule has 0 radical (unpaired) electrons. The summed E-state index contributed by atoms with van der Waals surface area (Å²) in [5.41, 5.74) is -0.0000125. The molecule has 17 heavy (non-hydrogen) atoms. The van der Waals surface area contributed by atoms with Crippen molar-refractivity contribution in [2.75, 3.05) is 18.1 Å². The van der Waals surface area contributed by atoms with Crippen molar-refractivity contribution in [2.24, 2.45) is 11.3 Å². The highest BCUT2D eigenvalue weighted by Gasteiger charge is 2.24. The van der Waals surface area contributed by atoms with Crippen LogP contribution in [0.2, 0.25) is 0 Å². The van der Waals surface area contributed by atoms with Gasteiger partial charge in [0.05, 0.1) is 11.5 Å². The summed E-state index contributed by atoms with van der Waals surface area (Å²) in [6, 6.07) is 0. The van der Waals surface area contributed by atoms with E-state index in [1.54, 1.807) is 0 Å². The molecule has 0 unspecified atom stereocenters. The molecule has 1 aliphatic rings. The molecule has 0 saturated carbocycles. The SMILES string of the molecule is CC(C)(C)CC(=O)NCC1CCS(=O)(=O)CC1. The Kier molecular flexibility index (Phi) is 4.58. The van der Waals surface area contributed by atoms with Crippen LogP contribution in [-0.2, 0) is 14.6 Å². The molecule has 0 atom stereocenters. The van der Waals surface area contributed by atoms with Crippen LogP contribution in [0.1, 0.15) is 40.0 Å². The number of hydrogen-bond donors (Lipinski definition) is 1. The first-order valence-corrected chi connectivity index (χ1v) is 7.97. The summed E-state index contributed by atoms with van der Waals surface area (Å²) in [6.45, 7) is 6.70. The quantitative estimate of drug-likeness (QED) is 0.834. The topological polar surface area (TPSA) is 63.2 Å². The Morgan fingerprint density at radius 1 is 1.24 bits per heavy atom. The molecule has 1 aliphatic heterocycles. The highest BCUT2D eigenvalue weighted by atomic mass is 32.2. The summed E-state index contributed by atoms with van der Waals surface area (Å²) in [6.07, 6.45) is 1.87. The van der Waals surface area contributed by atoms with Gasteiger partial charge in [0.2, 0.25) is 5.91 Å². The number of sulfone groups is 1. The van der Waals surface area contributed by atoms with Crippen molar-refractivity contribution in [3.63, 3.8) is 0 Å². The smallest absolute Gasteiger partial charge is 0.220 e. The van der Waals surface area contributed by atoms with Crippen molar-refractivity contribution in [3.05, 3.63) is 0 Å². The van der Waals surface area contributed by atoms with Crippen LogP contribution < -0.4 is 5.32 Å². The lowest BCUT2D eigenvalue weighted by Gasteiger charge is -2.23.